The summed E-state index contributed by atoms with van der Waals surface area (Å²) in [4.78, 5) is 11.1. The summed E-state index contributed by atoms with van der Waals surface area (Å²) in [5, 5.41) is 12.4. The minimum absolute atomic E-state index is 0.0808. The molecule has 0 radical (unpaired) electrons. The summed E-state index contributed by atoms with van der Waals surface area (Å²) in [5.41, 5.74) is 2.36. The number of rotatable bonds is 5. The Labute approximate surface area is 102 Å². The molecule has 3 nitrogen and oxygen atoms in total. The lowest BCUT2D eigenvalue weighted by molar-refractivity contribution is -0.140. The van der Waals surface area contributed by atoms with Gasteiger partial charge in [0.2, 0.25) is 0 Å². The number of carboxylic acid groups (broad SMARTS) is 1. The number of nitrogens with one attached hydrogen (secondary N) is 1. The first-order valence-electron chi connectivity index (χ1n) is 6.13. The van der Waals surface area contributed by atoms with Crippen LogP contribution in [0.2, 0.25) is 0 Å². The van der Waals surface area contributed by atoms with Crippen molar-refractivity contribution in [2.24, 2.45) is 5.92 Å². The van der Waals surface area contributed by atoms with E-state index in [4.69, 9.17) is 5.11 Å². The zero-order valence-electron chi connectivity index (χ0n) is 10.3. The molecule has 0 spiro atoms. The summed E-state index contributed by atoms with van der Waals surface area (Å²) >= 11 is 0. The van der Waals surface area contributed by atoms with Crippen molar-refractivity contribution in [1.29, 1.82) is 0 Å². The predicted octanol–water partition coefficient (Wildman–Crippen LogP) is 2.51. The number of carbonyl (C=O) groups is 1. The van der Waals surface area contributed by atoms with E-state index in [1.54, 1.807) is 0 Å². The smallest absolute Gasteiger partial charge is 0.320 e. The third-order valence-electron chi connectivity index (χ3n) is 3.37. The lowest BCUT2D eigenvalue weighted by atomic mass is 10.0. The van der Waals surface area contributed by atoms with E-state index in [0.29, 0.717) is 5.92 Å². The highest BCUT2D eigenvalue weighted by molar-refractivity contribution is 5.74. The van der Waals surface area contributed by atoms with E-state index < -0.39 is 12.0 Å². The van der Waals surface area contributed by atoms with Crippen molar-refractivity contribution in [3.63, 3.8) is 0 Å². The third kappa shape index (κ3) is 3.07. The zero-order valence-corrected chi connectivity index (χ0v) is 10.3. The molecule has 17 heavy (non-hydrogen) atoms. The average molecular weight is 233 g/mol. The van der Waals surface area contributed by atoms with Crippen LogP contribution in [0, 0.1) is 12.8 Å². The Balaban J connectivity index is 2.01. The van der Waals surface area contributed by atoms with Crippen molar-refractivity contribution < 1.29 is 9.90 Å². The van der Waals surface area contributed by atoms with Crippen LogP contribution in [0.5, 0.6) is 0 Å². The van der Waals surface area contributed by atoms with Gasteiger partial charge in [-0.05, 0) is 38.2 Å². The molecule has 3 heteroatoms. The van der Waals surface area contributed by atoms with Crippen LogP contribution in [-0.4, -0.2) is 17.1 Å². The average Bonchev–Trinajstić information content (AvgIpc) is 3.10. The first-order valence-corrected chi connectivity index (χ1v) is 6.13. The fraction of sp³-hybridized carbons (Fsp3) is 0.500. The molecule has 92 valence electrons. The van der Waals surface area contributed by atoms with Crippen molar-refractivity contribution in [2.45, 2.75) is 38.8 Å². The fourth-order valence-corrected chi connectivity index (χ4v) is 2.06. The number of hydrogen-bond donors (Lipinski definition) is 2. The number of aliphatic carboxylic acids is 1. The summed E-state index contributed by atoms with van der Waals surface area (Å²) in [7, 11) is 0. The summed E-state index contributed by atoms with van der Waals surface area (Å²) in [6.07, 6.45) is 2.06. The summed E-state index contributed by atoms with van der Waals surface area (Å²) in [5.74, 6) is -0.410. The first kappa shape index (κ1) is 12.1. The molecular weight excluding hydrogens is 214 g/mol. The van der Waals surface area contributed by atoms with Crippen LogP contribution in [-0.2, 0) is 4.79 Å². The molecule has 1 aliphatic carbocycles. The molecule has 0 amide bonds. The van der Waals surface area contributed by atoms with E-state index >= 15 is 0 Å². The summed E-state index contributed by atoms with van der Waals surface area (Å²) in [6.45, 7) is 4.06. The molecule has 1 saturated carbocycles. The topological polar surface area (TPSA) is 49.3 Å². The first-order chi connectivity index (χ1) is 8.08. The van der Waals surface area contributed by atoms with Crippen LogP contribution < -0.4 is 5.32 Å². The van der Waals surface area contributed by atoms with Crippen LogP contribution in [0.1, 0.15) is 36.9 Å². The quantitative estimate of drug-likeness (QED) is 0.821. The molecule has 1 unspecified atom stereocenters. The minimum atomic E-state index is -0.730. The maximum absolute atomic E-state index is 11.1. The molecule has 1 aromatic carbocycles. The van der Waals surface area contributed by atoms with Gasteiger partial charge in [-0.2, -0.15) is 0 Å². The van der Waals surface area contributed by atoms with E-state index in [1.807, 2.05) is 13.8 Å². The van der Waals surface area contributed by atoms with Gasteiger partial charge in [0, 0.05) is 6.04 Å². The second-order valence-electron chi connectivity index (χ2n) is 4.95. The van der Waals surface area contributed by atoms with Crippen LogP contribution >= 0.6 is 0 Å². The van der Waals surface area contributed by atoms with Crippen molar-refractivity contribution in [2.75, 3.05) is 0 Å². The van der Waals surface area contributed by atoms with E-state index in [-0.39, 0.29) is 6.04 Å². The molecule has 2 rings (SSSR count). The molecule has 0 heterocycles. The number of benzene rings is 1. The highest BCUT2D eigenvalue weighted by Crippen LogP contribution is 2.33. The van der Waals surface area contributed by atoms with Gasteiger partial charge in [0.25, 0.3) is 0 Å². The fourth-order valence-electron chi connectivity index (χ4n) is 2.06. The SMILES string of the molecule is Cc1ccc([C@H](C)NC(C(=O)O)C2CC2)cc1. The van der Waals surface area contributed by atoms with Gasteiger partial charge in [-0.25, -0.2) is 0 Å². The van der Waals surface area contributed by atoms with Gasteiger partial charge < -0.3 is 5.11 Å². The Morgan fingerprint density at radius 1 is 1.35 bits per heavy atom. The molecule has 1 aromatic rings. The lowest BCUT2D eigenvalue weighted by Crippen LogP contribution is -2.39. The van der Waals surface area contributed by atoms with Gasteiger partial charge in [0.15, 0.2) is 0 Å². The minimum Gasteiger partial charge on any atom is -0.480 e. The highest BCUT2D eigenvalue weighted by Gasteiger charge is 2.36. The van der Waals surface area contributed by atoms with Gasteiger partial charge in [-0.1, -0.05) is 29.8 Å². The van der Waals surface area contributed by atoms with Crippen molar-refractivity contribution >= 4 is 5.97 Å². The highest BCUT2D eigenvalue weighted by atomic mass is 16.4. The molecule has 2 N–H and O–H groups in total. The number of carboxylic acids is 1. The second kappa shape index (κ2) is 4.88. The van der Waals surface area contributed by atoms with E-state index in [1.165, 1.54) is 5.56 Å². The molecule has 0 bridgehead atoms. The van der Waals surface area contributed by atoms with E-state index in [9.17, 15) is 4.79 Å². The number of aryl methyl sites for hydroxylation is 1. The third-order valence-corrected chi connectivity index (χ3v) is 3.37. The Hall–Kier alpha value is -1.35. The van der Waals surface area contributed by atoms with Crippen molar-refractivity contribution in [3.8, 4) is 0 Å². The molecule has 1 fully saturated rings. The standard InChI is InChI=1S/C14H19NO2/c1-9-3-5-11(6-4-9)10(2)15-13(14(16)17)12-7-8-12/h3-6,10,12-13,15H,7-8H2,1-2H3,(H,16,17)/t10-,13?/m0/s1. The Kier molecular flexibility index (Phi) is 3.48. The van der Waals surface area contributed by atoms with Crippen LogP contribution in [0.15, 0.2) is 24.3 Å². The Bertz CT molecular complexity index is 395. The van der Waals surface area contributed by atoms with Crippen molar-refractivity contribution in [1.82, 2.24) is 5.32 Å². The Morgan fingerprint density at radius 2 is 1.94 bits per heavy atom. The summed E-state index contributed by atoms with van der Waals surface area (Å²) < 4.78 is 0. The maximum Gasteiger partial charge on any atom is 0.320 e. The molecular formula is C14H19NO2. The van der Waals surface area contributed by atoms with Gasteiger partial charge in [-0.15, -0.1) is 0 Å². The monoisotopic (exact) mass is 233 g/mol. The molecule has 0 aliphatic heterocycles. The maximum atomic E-state index is 11.1. The zero-order chi connectivity index (χ0) is 12.4. The molecule has 0 aromatic heterocycles. The van der Waals surface area contributed by atoms with Crippen molar-refractivity contribution in [3.05, 3.63) is 35.4 Å². The molecule has 0 saturated heterocycles. The largest absolute Gasteiger partial charge is 0.480 e. The predicted molar refractivity (Wildman–Crippen MR) is 66.9 cm³/mol. The van der Waals surface area contributed by atoms with E-state index in [2.05, 4.69) is 29.6 Å². The van der Waals surface area contributed by atoms with Crippen LogP contribution in [0.25, 0.3) is 0 Å². The molecule has 1 aliphatic rings. The number of hydrogen-bond acceptors (Lipinski definition) is 2. The Morgan fingerprint density at radius 3 is 2.41 bits per heavy atom. The van der Waals surface area contributed by atoms with Gasteiger partial charge in [-0.3, -0.25) is 10.1 Å². The lowest BCUT2D eigenvalue weighted by Gasteiger charge is -2.20. The normalized spacial score (nSPS) is 18.7. The van der Waals surface area contributed by atoms with Crippen LogP contribution in [0.4, 0.5) is 0 Å². The van der Waals surface area contributed by atoms with Crippen LogP contribution in [0.3, 0.4) is 0 Å². The van der Waals surface area contributed by atoms with Gasteiger partial charge in [0.05, 0.1) is 0 Å². The molecule has 2 atom stereocenters. The van der Waals surface area contributed by atoms with Gasteiger partial charge in [0.1, 0.15) is 6.04 Å². The summed E-state index contributed by atoms with van der Waals surface area (Å²) in [6, 6.07) is 7.90. The van der Waals surface area contributed by atoms with E-state index in [0.717, 1.165) is 18.4 Å². The van der Waals surface area contributed by atoms with Gasteiger partial charge >= 0.3 is 5.97 Å². The second-order valence-corrected chi connectivity index (χ2v) is 4.95.